The van der Waals surface area contributed by atoms with Gasteiger partial charge in [0.05, 0.1) is 18.2 Å². The van der Waals surface area contributed by atoms with Crippen LogP contribution in [0.2, 0.25) is 0 Å². The first-order valence-electron chi connectivity index (χ1n) is 14.7. The Bertz CT molecular complexity index is 1750. The Balaban J connectivity index is 1.37. The van der Waals surface area contributed by atoms with Gasteiger partial charge in [-0.1, -0.05) is 78.9 Å². The Kier molecular flexibility index (Phi) is 9.09. The molecule has 1 aromatic heterocycles. The largest absolute Gasteiger partial charge is 0.507 e. The lowest BCUT2D eigenvalue weighted by Crippen LogP contribution is -2.29. The predicted molar refractivity (Wildman–Crippen MR) is 174 cm³/mol. The van der Waals surface area contributed by atoms with E-state index in [1.807, 2.05) is 25.1 Å². The molecule has 2 aliphatic rings. The van der Waals surface area contributed by atoms with Gasteiger partial charge in [0, 0.05) is 11.3 Å². The molecule has 0 spiro atoms. The van der Waals surface area contributed by atoms with Crippen LogP contribution in [0.25, 0.3) is 5.76 Å². The van der Waals surface area contributed by atoms with E-state index in [9.17, 15) is 14.7 Å². The van der Waals surface area contributed by atoms with Crippen molar-refractivity contribution < 1.29 is 28.9 Å². The zero-order chi connectivity index (χ0) is 31.5. The van der Waals surface area contributed by atoms with E-state index >= 15 is 0 Å². The number of anilines is 1. The number of ketones is 1. The molecule has 6 rings (SSSR count). The van der Waals surface area contributed by atoms with E-state index in [1.165, 1.54) is 33.6 Å². The van der Waals surface area contributed by atoms with E-state index in [1.54, 1.807) is 24.3 Å². The van der Waals surface area contributed by atoms with Crippen molar-refractivity contribution in [3.8, 4) is 17.2 Å². The molecule has 3 aromatic carbocycles. The number of hydrogen-bond acceptors (Lipinski definition) is 10. The third-order valence-electron chi connectivity index (χ3n) is 7.48. The highest BCUT2D eigenvalue weighted by atomic mass is 32.2. The number of fused-ring (bicyclic) bond motifs is 1. The topological polar surface area (TPSA) is 111 Å². The Morgan fingerprint density at radius 2 is 1.82 bits per heavy atom. The number of aromatic nitrogens is 2. The minimum atomic E-state index is -0.963. The third-order valence-corrected chi connectivity index (χ3v) is 9.61. The number of aliphatic hydroxyl groups excluding tert-OH is 1. The van der Waals surface area contributed by atoms with Crippen molar-refractivity contribution >= 4 is 45.7 Å². The van der Waals surface area contributed by atoms with Gasteiger partial charge in [-0.25, -0.2) is 0 Å². The number of ether oxygens (including phenoxy) is 3. The summed E-state index contributed by atoms with van der Waals surface area (Å²) in [6, 6.07) is 19.5. The molecule has 1 amide bonds. The average molecular weight is 644 g/mol. The van der Waals surface area contributed by atoms with E-state index in [2.05, 4.69) is 48.3 Å². The first-order chi connectivity index (χ1) is 21.8. The molecular weight excluding hydrogens is 611 g/mol. The Morgan fingerprint density at radius 3 is 2.60 bits per heavy atom. The van der Waals surface area contributed by atoms with Gasteiger partial charge in [0.25, 0.3) is 5.78 Å². The van der Waals surface area contributed by atoms with Gasteiger partial charge >= 0.3 is 5.91 Å². The molecule has 2 aliphatic heterocycles. The quantitative estimate of drug-likeness (QED) is 0.0644. The van der Waals surface area contributed by atoms with Crippen LogP contribution in [0, 0.1) is 12.8 Å². The number of hydrogen-bond donors (Lipinski definition) is 1. The lowest BCUT2D eigenvalue weighted by Gasteiger charge is -2.23. The molecule has 1 fully saturated rings. The highest BCUT2D eigenvalue weighted by molar-refractivity contribution is 8.00. The maximum atomic E-state index is 13.7. The molecule has 45 heavy (non-hydrogen) atoms. The minimum Gasteiger partial charge on any atom is -0.507 e. The summed E-state index contributed by atoms with van der Waals surface area (Å²) >= 11 is 2.73. The fourth-order valence-corrected chi connectivity index (χ4v) is 6.89. The van der Waals surface area contributed by atoms with Gasteiger partial charge in [0.2, 0.25) is 5.13 Å². The van der Waals surface area contributed by atoms with E-state index in [0.29, 0.717) is 64.2 Å². The van der Waals surface area contributed by atoms with Crippen molar-refractivity contribution in [3.63, 3.8) is 0 Å². The van der Waals surface area contributed by atoms with Gasteiger partial charge in [0.1, 0.15) is 24.7 Å². The van der Waals surface area contributed by atoms with Crippen LogP contribution < -0.4 is 19.1 Å². The van der Waals surface area contributed by atoms with E-state index in [0.717, 1.165) is 12.0 Å². The summed E-state index contributed by atoms with van der Waals surface area (Å²) in [6.07, 6.45) is 0.876. The highest BCUT2D eigenvalue weighted by Crippen LogP contribution is 2.45. The van der Waals surface area contributed by atoms with Crippen molar-refractivity contribution in [1.29, 1.82) is 0 Å². The molecule has 0 saturated carbocycles. The molecule has 0 bridgehead atoms. The summed E-state index contributed by atoms with van der Waals surface area (Å²) in [5, 5.41) is 20.5. The number of Topliss-reactive ketones (excluding diaryl/α,β-unsaturated/α-hetero) is 1. The fourth-order valence-electron chi connectivity index (χ4n) is 5.07. The summed E-state index contributed by atoms with van der Waals surface area (Å²) in [6.45, 7) is 7.61. The molecular formula is C34H33N3O6S2. The van der Waals surface area contributed by atoms with Crippen LogP contribution in [0.3, 0.4) is 0 Å². The summed E-state index contributed by atoms with van der Waals surface area (Å²) in [5.41, 5.74) is 3.19. The number of thioether (sulfide) groups is 1. The first-order valence-corrected chi connectivity index (χ1v) is 16.5. The van der Waals surface area contributed by atoms with Crippen molar-refractivity contribution in [3.05, 3.63) is 94.6 Å². The third kappa shape index (κ3) is 6.69. The molecule has 0 radical (unpaired) electrons. The van der Waals surface area contributed by atoms with Crippen molar-refractivity contribution in [2.45, 2.75) is 43.3 Å². The van der Waals surface area contributed by atoms with Gasteiger partial charge in [-0.05, 0) is 60.7 Å². The normalized spacial score (nSPS) is 17.2. The molecule has 1 unspecified atom stereocenters. The second-order valence-electron chi connectivity index (χ2n) is 11.3. The molecule has 1 saturated heterocycles. The van der Waals surface area contributed by atoms with E-state index in [-0.39, 0.29) is 16.5 Å². The number of aryl methyl sites for hydroxylation is 1. The van der Waals surface area contributed by atoms with Crippen LogP contribution in [0.1, 0.15) is 48.6 Å². The van der Waals surface area contributed by atoms with E-state index < -0.39 is 17.7 Å². The molecule has 1 N–H and O–H groups in total. The number of nitrogens with zero attached hydrogens (tertiary/aromatic N) is 3. The molecule has 9 nitrogen and oxygen atoms in total. The zero-order valence-electron chi connectivity index (χ0n) is 25.2. The molecule has 4 aromatic rings. The zero-order valence-corrected chi connectivity index (χ0v) is 26.8. The average Bonchev–Trinajstić information content (AvgIpc) is 3.61. The lowest BCUT2D eigenvalue weighted by molar-refractivity contribution is -0.132. The Labute approximate surface area is 269 Å². The molecule has 11 heteroatoms. The van der Waals surface area contributed by atoms with Gasteiger partial charge < -0.3 is 19.3 Å². The standard InChI is InChI=1S/C34H33N3O6S2/c1-20(2)13-14-41-25-6-4-5-23(17-25)29-28(30(38)24-11-12-26-27(18-24)43-16-15-42-26)31(39)32(40)37(29)33-35-36-34(45-33)44-19-22-9-7-21(3)8-10-22/h4-12,17-18,20,29,38H,13-16,19H2,1-3H3. The van der Waals surface area contributed by atoms with Crippen LogP contribution in [-0.4, -0.2) is 46.8 Å². The van der Waals surface area contributed by atoms with E-state index in [4.69, 9.17) is 14.2 Å². The van der Waals surface area contributed by atoms with Gasteiger partial charge in [-0.15, -0.1) is 10.2 Å². The first kappa shape index (κ1) is 30.7. The fraction of sp³-hybridized carbons (Fsp3) is 0.294. The molecule has 1 atom stereocenters. The molecule has 232 valence electrons. The van der Waals surface area contributed by atoms with Crippen LogP contribution in [0.4, 0.5) is 5.13 Å². The van der Waals surface area contributed by atoms with Gasteiger partial charge in [0.15, 0.2) is 15.8 Å². The number of rotatable bonds is 10. The summed E-state index contributed by atoms with van der Waals surface area (Å²) in [5.74, 6) is 0.825. The SMILES string of the molecule is Cc1ccc(CSc2nnc(N3C(=O)C(=O)C(=C(O)c4ccc5c(c4)OCCO5)C3c3cccc(OCCC(C)C)c3)s2)cc1. The maximum absolute atomic E-state index is 13.7. The number of benzene rings is 3. The van der Waals surface area contributed by atoms with Crippen LogP contribution in [0.15, 0.2) is 76.6 Å². The van der Waals surface area contributed by atoms with Crippen LogP contribution >= 0.6 is 23.1 Å². The summed E-state index contributed by atoms with van der Waals surface area (Å²) in [4.78, 5) is 28.7. The maximum Gasteiger partial charge on any atom is 0.301 e. The second-order valence-corrected chi connectivity index (χ2v) is 13.4. The highest BCUT2D eigenvalue weighted by Gasteiger charge is 2.48. The number of carbonyl (C=O) groups excluding carboxylic acids is 2. The number of aliphatic hydroxyl groups is 1. The van der Waals surface area contributed by atoms with Crippen LogP contribution in [0.5, 0.6) is 17.2 Å². The summed E-state index contributed by atoms with van der Waals surface area (Å²) < 4.78 is 18.0. The second kappa shape index (κ2) is 13.3. The Hall–Kier alpha value is -4.35. The lowest BCUT2D eigenvalue weighted by atomic mass is 9.95. The molecule has 3 heterocycles. The van der Waals surface area contributed by atoms with Gasteiger partial charge in [-0.3, -0.25) is 14.5 Å². The smallest absolute Gasteiger partial charge is 0.301 e. The van der Waals surface area contributed by atoms with Gasteiger partial charge in [-0.2, -0.15) is 0 Å². The van der Waals surface area contributed by atoms with Crippen LogP contribution in [-0.2, 0) is 15.3 Å². The monoisotopic (exact) mass is 643 g/mol. The number of amides is 1. The number of carbonyl (C=O) groups is 2. The minimum absolute atomic E-state index is 0.0555. The van der Waals surface area contributed by atoms with Crippen molar-refractivity contribution in [2.75, 3.05) is 24.7 Å². The summed E-state index contributed by atoms with van der Waals surface area (Å²) in [7, 11) is 0. The predicted octanol–water partition coefficient (Wildman–Crippen LogP) is 6.96. The molecule has 0 aliphatic carbocycles. The van der Waals surface area contributed by atoms with Crippen molar-refractivity contribution in [2.24, 2.45) is 5.92 Å². The van der Waals surface area contributed by atoms with Crippen molar-refractivity contribution in [1.82, 2.24) is 10.2 Å². The Morgan fingerprint density at radius 1 is 1.04 bits per heavy atom.